The fourth-order valence-electron chi connectivity index (χ4n) is 1.44. The molecule has 0 aliphatic carbocycles. The molecule has 0 radical (unpaired) electrons. The van der Waals surface area contributed by atoms with Gasteiger partial charge in [-0.3, -0.25) is 0 Å². The molecule has 1 aromatic carbocycles. The second-order valence-corrected chi connectivity index (χ2v) is 7.05. The molecule has 19 heavy (non-hydrogen) atoms. The first-order valence-corrected chi connectivity index (χ1v) is 7.46. The van der Waals surface area contributed by atoms with Crippen LogP contribution in [0, 0.1) is 0 Å². The number of nitrogens with one attached hydrogen (secondary N) is 1. The van der Waals surface area contributed by atoms with Crippen molar-refractivity contribution >= 4 is 34.5 Å². The van der Waals surface area contributed by atoms with Crippen LogP contribution < -0.4 is 5.32 Å². The molecule has 0 aliphatic rings. The first kappa shape index (κ1) is 14.7. The molecule has 0 saturated carbocycles. The molecule has 6 heteroatoms. The van der Waals surface area contributed by atoms with E-state index >= 15 is 0 Å². The summed E-state index contributed by atoms with van der Waals surface area (Å²) >= 11 is 13.7. The van der Waals surface area contributed by atoms with Crippen molar-refractivity contribution in [3.63, 3.8) is 0 Å². The van der Waals surface area contributed by atoms with E-state index in [2.05, 4.69) is 36.3 Å². The summed E-state index contributed by atoms with van der Waals surface area (Å²) in [6.07, 6.45) is 0. The van der Waals surface area contributed by atoms with Gasteiger partial charge >= 0.3 is 0 Å². The first-order valence-electron chi connectivity index (χ1n) is 5.88. The molecular formula is C13H15Cl2N3S. The third kappa shape index (κ3) is 3.89. The zero-order valence-electron chi connectivity index (χ0n) is 11.0. The van der Waals surface area contributed by atoms with E-state index in [0.717, 1.165) is 15.6 Å². The van der Waals surface area contributed by atoms with Crippen molar-refractivity contribution in [2.75, 3.05) is 0 Å². The average molecular weight is 316 g/mol. The Bertz CT molecular complexity index is 576. The predicted octanol–water partition coefficient (Wildman–Crippen LogP) is 4.40. The number of nitrogens with zero attached hydrogens (tertiary/aromatic N) is 2. The van der Waals surface area contributed by atoms with E-state index in [4.69, 9.17) is 23.2 Å². The molecule has 2 aromatic rings. The van der Waals surface area contributed by atoms with Gasteiger partial charge in [0.2, 0.25) is 0 Å². The minimum absolute atomic E-state index is 0.0551. The highest BCUT2D eigenvalue weighted by molar-refractivity contribution is 7.14. The zero-order valence-corrected chi connectivity index (χ0v) is 13.3. The van der Waals surface area contributed by atoms with E-state index in [1.54, 1.807) is 6.07 Å². The van der Waals surface area contributed by atoms with Crippen LogP contribution in [0.25, 0.3) is 10.6 Å². The van der Waals surface area contributed by atoms with Crippen molar-refractivity contribution in [2.45, 2.75) is 32.9 Å². The summed E-state index contributed by atoms with van der Waals surface area (Å²) < 4.78 is 0. The maximum atomic E-state index is 6.18. The summed E-state index contributed by atoms with van der Waals surface area (Å²) in [7, 11) is 0. The molecule has 1 aromatic heterocycles. The van der Waals surface area contributed by atoms with Crippen LogP contribution in [-0.4, -0.2) is 15.7 Å². The van der Waals surface area contributed by atoms with Gasteiger partial charge in [0.05, 0.1) is 16.6 Å². The van der Waals surface area contributed by atoms with E-state index < -0.39 is 0 Å². The molecule has 0 atom stereocenters. The summed E-state index contributed by atoms with van der Waals surface area (Å²) in [5, 5.41) is 14.5. The largest absolute Gasteiger partial charge is 0.306 e. The molecule has 0 amide bonds. The molecule has 2 rings (SSSR count). The lowest BCUT2D eigenvalue weighted by atomic mass is 10.1. The summed E-state index contributed by atoms with van der Waals surface area (Å²) in [6, 6.07) is 5.52. The maximum absolute atomic E-state index is 6.18. The van der Waals surface area contributed by atoms with E-state index in [9.17, 15) is 0 Å². The standard InChI is InChI=1S/C13H15Cl2N3S/c1-13(2,3)16-7-10-17-18-12(19-10)8-5-4-6-9(14)11(8)15/h4-6,16H,7H2,1-3H3. The molecular weight excluding hydrogens is 301 g/mol. The number of hydrogen-bond acceptors (Lipinski definition) is 4. The number of benzene rings is 1. The van der Waals surface area contributed by atoms with Crippen LogP contribution in [0.1, 0.15) is 25.8 Å². The van der Waals surface area contributed by atoms with Crippen LogP contribution in [-0.2, 0) is 6.54 Å². The van der Waals surface area contributed by atoms with Crippen LogP contribution in [0.4, 0.5) is 0 Å². The third-order valence-electron chi connectivity index (χ3n) is 2.42. The zero-order chi connectivity index (χ0) is 14.0. The van der Waals surface area contributed by atoms with Gasteiger partial charge in [-0.2, -0.15) is 0 Å². The van der Waals surface area contributed by atoms with E-state index in [0.29, 0.717) is 16.6 Å². The molecule has 0 fully saturated rings. The number of halogens is 2. The molecule has 0 spiro atoms. The lowest BCUT2D eigenvalue weighted by molar-refractivity contribution is 0.423. The van der Waals surface area contributed by atoms with Crippen LogP contribution in [0.2, 0.25) is 10.0 Å². The van der Waals surface area contributed by atoms with Crippen molar-refractivity contribution in [3.8, 4) is 10.6 Å². The Morgan fingerprint density at radius 2 is 1.95 bits per heavy atom. The minimum atomic E-state index is 0.0551. The van der Waals surface area contributed by atoms with Gasteiger partial charge in [0.25, 0.3) is 0 Å². The van der Waals surface area contributed by atoms with E-state index in [-0.39, 0.29) is 5.54 Å². The van der Waals surface area contributed by atoms with Gasteiger partial charge in [0, 0.05) is 11.1 Å². The lowest BCUT2D eigenvalue weighted by Crippen LogP contribution is -2.35. The highest BCUT2D eigenvalue weighted by Gasteiger charge is 2.14. The normalized spacial score (nSPS) is 11.8. The van der Waals surface area contributed by atoms with Crippen LogP contribution in [0.3, 0.4) is 0 Å². The van der Waals surface area contributed by atoms with Crippen molar-refractivity contribution < 1.29 is 0 Å². The Hall–Kier alpha value is -0.680. The quantitative estimate of drug-likeness (QED) is 0.912. The average Bonchev–Trinajstić information content (AvgIpc) is 2.78. The SMILES string of the molecule is CC(C)(C)NCc1nnc(-c2cccc(Cl)c2Cl)s1. The smallest absolute Gasteiger partial charge is 0.149 e. The Labute approximate surface area is 127 Å². The highest BCUT2D eigenvalue weighted by Crippen LogP contribution is 2.34. The molecule has 0 aliphatic heterocycles. The monoisotopic (exact) mass is 315 g/mol. The molecule has 1 heterocycles. The number of rotatable bonds is 3. The van der Waals surface area contributed by atoms with Crippen LogP contribution in [0.5, 0.6) is 0 Å². The highest BCUT2D eigenvalue weighted by atomic mass is 35.5. The predicted molar refractivity (Wildman–Crippen MR) is 82.0 cm³/mol. The molecule has 0 bridgehead atoms. The molecule has 0 saturated heterocycles. The molecule has 1 N–H and O–H groups in total. The summed E-state index contributed by atoms with van der Waals surface area (Å²) in [5.41, 5.74) is 0.883. The minimum Gasteiger partial charge on any atom is -0.306 e. The van der Waals surface area contributed by atoms with Crippen molar-refractivity contribution in [1.29, 1.82) is 0 Å². The van der Waals surface area contributed by atoms with Gasteiger partial charge in [-0.1, -0.05) is 46.7 Å². The first-order chi connectivity index (χ1) is 8.87. The Morgan fingerprint density at radius 3 is 2.63 bits per heavy atom. The number of aromatic nitrogens is 2. The fraction of sp³-hybridized carbons (Fsp3) is 0.385. The van der Waals surface area contributed by atoms with E-state index in [1.165, 1.54) is 11.3 Å². The fourth-order valence-corrected chi connectivity index (χ4v) is 2.70. The van der Waals surface area contributed by atoms with Gasteiger partial charge in [0.1, 0.15) is 10.0 Å². The van der Waals surface area contributed by atoms with Gasteiger partial charge in [0.15, 0.2) is 0 Å². The Morgan fingerprint density at radius 1 is 1.21 bits per heavy atom. The topological polar surface area (TPSA) is 37.8 Å². The second-order valence-electron chi connectivity index (χ2n) is 5.21. The van der Waals surface area contributed by atoms with E-state index in [1.807, 2.05) is 12.1 Å². The van der Waals surface area contributed by atoms with Gasteiger partial charge in [-0.05, 0) is 26.8 Å². The maximum Gasteiger partial charge on any atom is 0.149 e. The van der Waals surface area contributed by atoms with Gasteiger partial charge < -0.3 is 5.32 Å². The molecule has 0 unspecified atom stereocenters. The summed E-state index contributed by atoms with van der Waals surface area (Å²) in [5.74, 6) is 0. The van der Waals surface area contributed by atoms with Crippen molar-refractivity contribution in [1.82, 2.24) is 15.5 Å². The number of hydrogen-bond donors (Lipinski definition) is 1. The molecule has 3 nitrogen and oxygen atoms in total. The van der Waals surface area contributed by atoms with Crippen LogP contribution >= 0.6 is 34.5 Å². The summed E-state index contributed by atoms with van der Waals surface area (Å²) in [6.45, 7) is 7.04. The van der Waals surface area contributed by atoms with Crippen molar-refractivity contribution in [2.24, 2.45) is 0 Å². The lowest BCUT2D eigenvalue weighted by Gasteiger charge is -2.19. The second kappa shape index (κ2) is 5.75. The Balaban J connectivity index is 2.19. The van der Waals surface area contributed by atoms with Crippen molar-refractivity contribution in [3.05, 3.63) is 33.3 Å². The van der Waals surface area contributed by atoms with Crippen LogP contribution in [0.15, 0.2) is 18.2 Å². The molecule has 102 valence electrons. The Kier molecular flexibility index (Phi) is 4.46. The van der Waals surface area contributed by atoms with Gasteiger partial charge in [-0.15, -0.1) is 10.2 Å². The summed E-state index contributed by atoms with van der Waals surface area (Å²) in [4.78, 5) is 0. The van der Waals surface area contributed by atoms with Gasteiger partial charge in [-0.25, -0.2) is 0 Å². The third-order valence-corrected chi connectivity index (χ3v) is 4.19.